The number of carbonyl (C=O) groups excluding carboxylic acids is 1. The summed E-state index contributed by atoms with van der Waals surface area (Å²) in [5.41, 5.74) is 2.64. The number of oxime groups is 1. The number of aromatic nitrogens is 1. The number of anilines is 1. The highest BCUT2D eigenvalue weighted by Crippen LogP contribution is 2.26. The van der Waals surface area contributed by atoms with Gasteiger partial charge in [0.15, 0.2) is 5.13 Å². The molecule has 1 aliphatic rings. The lowest BCUT2D eigenvalue weighted by Gasteiger charge is -2.06. The molecule has 0 unspecified atom stereocenters. The molecular weight excluding hydrogens is 310 g/mol. The third kappa shape index (κ3) is 2.80. The molecule has 114 valence electrons. The van der Waals surface area contributed by atoms with Crippen LogP contribution in [0.3, 0.4) is 0 Å². The van der Waals surface area contributed by atoms with E-state index < -0.39 is 6.10 Å². The van der Waals surface area contributed by atoms with Crippen molar-refractivity contribution in [1.29, 1.82) is 0 Å². The number of nitrogens with one attached hydrogen (secondary N) is 1. The van der Waals surface area contributed by atoms with Crippen LogP contribution in [0.5, 0.6) is 0 Å². The normalized spacial score (nSPS) is 16.9. The van der Waals surface area contributed by atoms with Crippen molar-refractivity contribution in [3.05, 3.63) is 60.2 Å². The van der Waals surface area contributed by atoms with Crippen LogP contribution in [-0.4, -0.2) is 22.7 Å². The zero-order valence-electron chi connectivity index (χ0n) is 12.1. The summed E-state index contributed by atoms with van der Waals surface area (Å²) in [6.45, 7) is 0. The van der Waals surface area contributed by atoms with Gasteiger partial charge in [0, 0.05) is 6.42 Å². The Hall–Kier alpha value is -2.73. The van der Waals surface area contributed by atoms with E-state index in [1.807, 2.05) is 54.6 Å². The second-order valence-electron chi connectivity index (χ2n) is 5.18. The van der Waals surface area contributed by atoms with Crippen LogP contribution in [0.4, 0.5) is 5.13 Å². The first kappa shape index (κ1) is 13.9. The monoisotopic (exact) mass is 323 g/mol. The first-order valence-electron chi connectivity index (χ1n) is 7.24. The van der Waals surface area contributed by atoms with Crippen molar-refractivity contribution < 1.29 is 9.63 Å². The van der Waals surface area contributed by atoms with Gasteiger partial charge in [0.2, 0.25) is 6.10 Å². The fourth-order valence-corrected chi connectivity index (χ4v) is 3.30. The number of fused-ring (bicyclic) bond motifs is 1. The average molecular weight is 323 g/mol. The molecule has 1 aromatic heterocycles. The maximum absolute atomic E-state index is 12.3. The molecule has 0 saturated heterocycles. The molecule has 4 rings (SSSR count). The van der Waals surface area contributed by atoms with Gasteiger partial charge < -0.3 is 4.84 Å². The fourth-order valence-electron chi connectivity index (χ4n) is 2.43. The second kappa shape index (κ2) is 5.81. The van der Waals surface area contributed by atoms with Gasteiger partial charge in [-0.1, -0.05) is 59.0 Å². The zero-order valence-corrected chi connectivity index (χ0v) is 12.9. The molecule has 0 bridgehead atoms. The van der Waals surface area contributed by atoms with Crippen molar-refractivity contribution in [3.8, 4) is 0 Å². The number of hydrogen-bond donors (Lipinski definition) is 1. The first-order valence-corrected chi connectivity index (χ1v) is 8.06. The fraction of sp³-hybridized carbons (Fsp3) is 0.118. The maximum Gasteiger partial charge on any atom is 0.270 e. The summed E-state index contributed by atoms with van der Waals surface area (Å²) in [4.78, 5) is 22.0. The largest absolute Gasteiger partial charge is 0.382 e. The summed E-state index contributed by atoms with van der Waals surface area (Å²) in [6.07, 6.45) is -0.155. The first-order chi connectivity index (χ1) is 11.3. The topological polar surface area (TPSA) is 63.6 Å². The van der Waals surface area contributed by atoms with Crippen molar-refractivity contribution in [2.24, 2.45) is 5.16 Å². The molecule has 3 aromatic rings. The summed E-state index contributed by atoms with van der Waals surface area (Å²) < 4.78 is 1.04. The molecule has 0 saturated carbocycles. The third-order valence-corrected chi connectivity index (χ3v) is 4.54. The minimum atomic E-state index is -0.614. The average Bonchev–Trinajstić information content (AvgIpc) is 3.22. The number of rotatable bonds is 3. The number of benzene rings is 2. The number of para-hydroxylation sites is 1. The van der Waals surface area contributed by atoms with Crippen LogP contribution in [-0.2, 0) is 9.63 Å². The van der Waals surface area contributed by atoms with Crippen molar-refractivity contribution in [2.45, 2.75) is 12.5 Å². The second-order valence-corrected chi connectivity index (χ2v) is 6.21. The van der Waals surface area contributed by atoms with Crippen LogP contribution >= 0.6 is 11.3 Å². The van der Waals surface area contributed by atoms with E-state index in [0.29, 0.717) is 11.6 Å². The van der Waals surface area contributed by atoms with Gasteiger partial charge >= 0.3 is 0 Å². The van der Waals surface area contributed by atoms with Crippen molar-refractivity contribution >= 4 is 38.3 Å². The zero-order chi connectivity index (χ0) is 15.6. The van der Waals surface area contributed by atoms with Crippen LogP contribution in [0.1, 0.15) is 12.0 Å². The van der Waals surface area contributed by atoms with E-state index in [9.17, 15) is 4.79 Å². The van der Waals surface area contributed by atoms with Gasteiger partial charge in [-0.15, -0.1) is 0 Å². The molecule has 1 N–H and O–H groups in total. The Morgan fingerprint density at radius 3 is 2.74 bits per heavy atom. The summed E-state index contributed by atoms with van der Waals surface area (Å²) >= 11 is 1.45. The maximum atomic E-state index is 12.3. The van der Waals surface area contributed by atoms with E-state index in [4.69, 9.17) is 4.84 Å². The quantitative estimate of drug-likeness (QED) is 0.803. The number of amides is 1. The summed E-state index contributed by atoms with van der Waals surface area (Å²) in [7, 11) is 0. The van der Waals surface area contributed by atoms with E-state index in [1.165, 1.54) is 11.3 Å². The molecule has 1 atom stereocenters. The summed E-state index contributed by atoms with van der Waals surface area (Å²) in [5.74, 6) is -0.223. The van der Waals surface area contributed by atoms with Gasteiger partial charge in [0.05, 0.1) is 15.9 Å². The van der Waals surface area contributed by atoms with Crippen LogP contribution in [0.2, 0.25) is 0 Å². The van der Waals surface area contributed by atoms with Crippen molar-refractivity contribution in [2.75, 3.05) is 5.32 Å². The predicted molar refractivity (Wildman–Crippen MR) is 90.7 cm³/mol. The molecule has 2 aromatic carbocycles. The molecule has 23 heavy (non-hydrogen) atoms. The molecule has 1 aliphatic heterocycles. The van der Waals surface area contributed by atoms with E-state index in [0.717, 1.165) is 21.5 Å². The van der Waals surface area contributed by atoms with Crippen LogP contribution in [0.25, 0.3) is 10.2 Å². The van der Waals surface area contributed by atoms with Gasteiger partial charge in [0.25, 0.3) is 5.91 Å². The number of nitrogens with zero attached hydrogens (tertiary/aromatic N) is 2. The molecule has 0 fully saturated rings. The Labute approximate surface area is 136 Å². The molecule has 0 radical (unpaired) electrons. The highest BCUT2D eigenvalue weighted by Gasteiger charge is 2.29. The standard InChI is InChI=1S/C17H13N3O2S/c21-16(19-17-18-12-8-4-5-9-15(12)23-17)14-10-13(20-22-14)11-6-2-1-3-7-11/h1-9,14H,10H2,(H,18,19,21)/t14-/m0/s1. The van der Waals surface area contributed by atoms with E-state index >= 15 is 0 Å². The minimum Gasteiger partial charge on any atom is -0.382 e. The van der Waals surface area contributed by atoms with Crippen LogP contribution in [0.15, 0.2) is 59.8 Å². The predicted octanol–water partition coefficient (Wildman–Crippen LogP) is 3.43. The lowest BCUT2D eigenvalue weighted by molar-refractivity contribution is -0.125. The van der Waals surface area contributed by atoms with Crippen LogP contribution in [0, 0.1) is 0 Å². The summed E-state index contributed by atoms with van der Waals surface area (Å²) in [6, 6.07) is 17.5. The van der Waals surface area contributed by atoms with E-state index in [-0.39, 0.29) is 5.91 Å². The van der Waals surface area contributed by atoms with Crippen molar-refractivity contribution in [1.82, 2.24) is 4.98 Å². The minimum absolute atomic E-state index is 0.223. The van der Waals surface area contributed by atoms with Crippen molar-refractivity contribution in [3.63, 3.8) is 0 Å². The molecule has 2 heterocycles. The van der Waals surface area contributed by atoms with E-state index in [1.54, 1.807) is 0 Å². The number of hydrogen-bond acceptors (Lipinski definition) is 5. The van der Waals surface area contributed by atoms with Gasteiger partial charge in [-0.25, -0.2) is 4.98 Å². The highest BCUT2D eigenvalue weighted by atomic mass is 32.1. The molecule has 0 aliphatic carbocycles. The van der Waals surface area contributed by atoms with Gasteiger partial charge in [-0.2, -0.15) is 0 Å². The van der Waals surface area contributed by atoms with E-state index in [2.05, 4.69) is 15.5 Å². The Morgan fingerprint density at radius 2 is 1.91 bits per heavy atom. The smallest absolute Gasteiger partial charge is 0.270 e. The summed E-state index contributed by atoms with van der Waals surface area (Å²) in [5, 5.41) is 7.42. The Bertz CT molecular complexity index is 856. The van der Waals surface area contributed by atoms with Crippen LogP contribution < -0.4 is 5.32 Å². The molecule has 6 heteroatoms. The Kier molecular flexibility index (Phi) is 3.51. The molecule has 1 amide bonds. The lowest BCUT2D eigenvalue weighted by atomic mass is 10.1. The van der Waals surface area contributed by atoms with Gasteiger partial charge in [-0.05, 0) is 17.7 Å². The van der Waals surface area contributed by atoms with Gasteiger partial charge in [0.1, 0.15) is 0 Å². The SMILES string of the molecule is O=C(Nc1nc2ccccc2s1)[C@@H]1CC(c2ccccc2)=NO1. The molecule has 5 nitrogen and oxygen atoms in total. The number of carbonyl (C=O) groups is 1. The lowest BCUT2D eigenvalue weighted by Crippen LogP contribution is -2.27. The third-order valence-electron chi connectivity index (χ3n) is 3.59. The molecule has 0 spiro atoms. The molecular formula is C17H13N3O2S. The highest BCUT2D eigenvalue weighted by molar-refractivity contribution is 7.22. The Balaban J connectivity index is 1.44. The number of thiazole rings is 1. The van der Waals surface area contributed by atoms with Gasteiger partial charge in [-0.3, -0.25) is 10.1 Å². The Morgan fingerprint density at radius 1 is 1.13 bits per heavy atom.